The summed E-state index contributed by atoms with van der Waals surface area (Å²) in [6, 6.07) is 17.1. The second-order valence-electron chi connectivity index (χ2n) is 6.07. The third-order valence-corrected chi connectivity index (χ3v) is 6.53. The van der Waals surface area contributed by atoms with Crippen LogP contribution in [0.3, 0.4) is 0 Å². The molecule has 4 rings (SSSR count). The Morgan fingerprint density at radius 2 is 1.93 bits per heavy atom. The van der Waals surface area contributed by atoms with Gasteiger partial charge in [0, 0.05) is 28.6 Å². The maximum absolute atomic E-state index is 13.0. The number of rotatable bonds is 3. The van der Waals surface area contributed by atoms with Crippen molar-refractivity contribution in [2.45, 2.75) is 0 Å². The quantitative estimate of drug-likeness (QED) is 0.308. The molecule has 2 heterocycles. The monoisotopic (exact) mass is 399 g/mol. The van der Waals surface area contributed by atoms with Gasteiger partial charge in [0.2, 0.25) is 0 Å². The van der Waals surface area contributed by atoms with Crippen LogP contribution in [0.1, 0.15) is 20.8 Å². The first-order valence-electron chi connectivity index (χ1n) is 8.39. The number of carbonyl (C=O) groups excluding carboxylic acids is 1. The van der Waals surface area contributed by atoms with Gasteiger partial charge in [-0.3, -0.25) is 4.79 Å². The Kier molecular flexibility index (Phi) is 4.67. The summed E-state index contributed by atoms with van der Waals surface area (Å²) in [7, 11) is 2.00. The van der Waals surface area contributed by atoms with Gasteiger partial charge >= 0.3 is 0 Å². The number of fused-ring (bicyclic) bond motifs is 1. The summed E-state index contributed by atoms with van der Waals surface area (Å²) < 4.78 is 0. The first-order valence-corrected chi connectivity index (χ1v) is 10.1. The van der Waals surface area contributed by atoms with Crippen molar-refractivity contribution < 1.29 is 4.79 Å². The maximum Gasteiger partial charge on any atom is 0.270 e. The number of ketones is 1. The number of hydrogen-bond acceptors (Lipinski definition) is 5. The van der Waals surface area contributed by atoms with Crippen LogP contribution in [0.4, 0.5) is 10.0 Å². The molecule has 3 aromatic rings. The molecule has 0 saturated carbocycles. The van der Waals surface area contributed by atoms with Gasteiger partial charge in [0.1, 0.15) is 0 Å². The standard InChI is InChI=1S/C22H13N3OS2/c1-24-18(13-23)21-15-6-3-4-7-16(15)22(26)17(21)12-14-9-10-20(28-14)25(2)19-8-5-11-27-19/h3-12H,2H3/b17-12-,21-18+. The smallest absolute Gasteiger partial charge is 0.270 e. The largest absolute Gasteiger partial charge is 0.328 e. The minimum absolute atomic E-state index is 0.0583. The van der Waals surface area contributed by atoms with Crippen molar-refractivity contribution in [3.63, 3.8) is 0 Å². The van der Waals surface area contributed by atoms with Crippen molar-refractivity contribution in [3.05, 3.63) is 92.6 Å². The number of nitrogens with zero attached hydrogens (tertiary/aromatic N) is 3. The van der Waals surface area contributed by atoms with Gasteiger partial charge in [-0.25, -0.2) is 10.1 Å². The second-order valence-corrected chi connectivity index (χ2v) is 8.09. The maximum atomic E-state index is 13.0. The van der Waals surface area contributed by atoms with Crippen LogP contribution in [0.2, 0.25) is 0 Å². The number of hydrogen-bond donors (Lipinski definition) is 0. The Bertz CT molecular complexity index is 1200. The summed E-state index contributed by atoms with van der Waals surface area (Å²) in [5, 5.41) is 13.6. The minimum Gasteiger partial charge on any atom is -0.328 e. The van der Waals surface area contributed by atoms with Crippen molar-refractivity contribution in [2.24, 2.45) is 0 Å². The Morgan fingerprint density at radius 3 is 2.61 bits per heavy atom. The molecule has 1 aromatic carbocycles. The zero-order valence-corrected chi connectivity index (χ0v) is 16.5. The molecule has 0 unspecified atom stereocenters. The van der Waals surface area contributed by atoms with E-state index in [1.165, 1.54) is 0 Å². The van der Waals surface area contributed by atoms with Crippen molar-refractivity contribution in [3.8, 4) is 6.07 Å². The molecule has 28 heavy (non-hydrogen) atoms. The van der Waals surface area contributed by atoms with Crippen LogP contribution in [-0.4, -0.2) is 12.8 Å². The Morgan fingerprint density at radius 1 is 1.14 bits per heavy atom. The molecule has 4 nitrogen and oxygen atoms in total. The normalized spacial score (nSPS) is 15.8. The summed E-state index contributed by atoms with van der Waals surface area (Å²) in [4.78, 5) is 19.3. The average molecular weight is 400 g/mol. The lowest BCUT2D eigenvalue weighted by molar-refractivity contribution is 0.104. The number of Topliss-reactive ketones (excluding diaryl/α,β-unsaturated/α-hetero) is 1. The van der Waals surface area contributed by atoms with Gasteiger partial charge in [-0.2, -0.15) is 0 Å². The highest BCUT2D eigenvalue weighted by Gasteiger charge is 2.32. The molecule has 134 valence electrons. The van der Waals surface area contributed by atoms with Gasteiger partial charge in [0.05, 0.1) is 22.6 Å². The van der Waals surface area contributed by atoms with Crippen LogP contribution in [-0.2, 0) is 0 Å². The molecule has 2 aromatic heterocycles. The second kappa shape index (κ2) is 7.28. The van der Waals surface area contributed by atoms with Crippen LogP contribution in [0.25, 0.3) is 16.5 Å². The Labute approximate surface area is 170 Å². The van der Waals surface area contributed by atoms with E-state index in [1.807, 2.05) is 42.8 Å². The molecule has 0 N–H and O–H groups in total. The van der Waals surface area contributed by atoms with Gasteiger partial charge in [-0.1, -0.05) is 24.3 Å². The van der Waals surface area contributed by atoms with E-state index in [9.17, 15) is 10.1 Å². The lowest BCUT2D eigenvalue weighted by Gasteiger charge is -2.13. The highest BCUT2D eigenvalue weighted by molar-refractivity contribution is 7.18. The molecule has 0 radical (unpaired) electrons. The molecule has 0 fully saturated rings. The molecule has 0 bridgehead atoms. The van der Waals surface area contributed by atoms with Gasteiger partial charge < -0.3 is 4.90 Å². The predicted octanol–water partition coefficient (Wildman–Crippen LogP) is 6.01. The molecule has 0 spiro atoms. The van der Waals surface area contributed by atoms with Crippen LogP contribution in [0, 0.1) is 17.9 Å². The molecule has 0 atom stereocenters. The summed E-state index contributed by atoms with van der Waals surface area (Å²) in [5.41, 5.74) is 1.96. The summed E-state index contributed by atoms with van der Waals surface area (Å²) in [6.45, 7) is 7.35. The zero-order chi connectivity index (χ0) is 19.7. The molecule has 1 aliphatic rings. The van der Waals surface area contributed by atoms with E-state index in [2.05, 4.69) is 15.8 Å². The molecule has 0 amide bonds. The lowest BCUT2D eigenvalue weighted by atomic mass is 10.0. The minimum atomic E-state index is -0.149. The van der Waals surface area contributed by atoms with Gasteiger partial charge in [-0.15, -0.1) is 22.7 Å². The van der Waals surface area contributed by atoms with E-state index in [0.717, 1.165) is 14.9 Å². The lowest BCUT2D eigenvalue weighted by Crippen LogP contribution is -2.04. The summed E-state index contributed by atoms with van der Waals surface area (Å²) >= 11 is 3.21. The third-order valence-electron chi connectivity index (χ3n) is 4.48. The van der Waals surface area contributed by atoms with Gasteiger partial charge in [0.25, 0.3) is 5.70 Å². The van der Waals surface area contributed by atoms with Crippen molar-refractivity contribution in [1.29, 1.82) is 5.26 Å². The first kappa shape index (κ1) is 17.9. The van der Waals surface area contributed by atoms with Crippen LogP contribution >= 0.6 is 22.7 Å². The molecule has 1 aliphatic carbocycles. The fourth-order valence-corrected chi connectivity index (χ4v) is 4.84. The van der Waals surface area contributed by atoms with Crippen molar-refractivity contribution >= 4 is 50.1 Å². The van der Waals surface area contributed by atoms with E-state index in [0.29, 0.717) is 22.3 Å². The van der Waals surface area contributed by atoms with Crippen LogP contribution < -0.4 is 4.90 Å². The number of carbonyl (C=O) groups is 1. The van der Waals surface area contributed by atoms with E-state index in [1.54, 1.807) is 46.9 Å². The number of anilines is 2. The number of benzene rings is 1. The predicted molar refractivity (Wildman–Crippen MR) is 115 cm³/mol. The number of thiophene rings is 2. The first-order chi connectivity index (χ1) is 13.6. The summed E-state index contributed by atoms with van der Waals surface area (Å²) in [6.07, 6.45) is 1.79. The zero-order valence-electron chi connectivity index (χ0n) is 14.8. The number of nitriles is 1. The molecule has 0 aliphatic heterocycles. The average Bonchev–Trinajstić information content (AvgIpc) is 3.46. The van der Waals surface area contributed by atoms with E-state index in [4.69, 9.17) is 6.57 Å². The SMILES string of the molecule is [C-]#[N+]/C(C#N)=C1/C(=C/c2ccc(N(C)c3cccs3)s2)C(=O)c2ccccc21. The van der Waals surface area contributed by atoms with Gasteiger partial charge in [-0.05, 0) is 41.3 Å². The Balaban J connectivity index is 1.80. The van der Waals surface area contributed by atoms with Crippen molar-refractivity contribution in [2.75, 3.05) is 11.9 Å². The number of allylic oxidation sites excluding steroid dienone is 3. The van der Waals surface area contributed by atoms with E-state index in [-0.39, 0.29) is 11.5 Å². The molecular weight excluding hydrogens is 386 g/mol. The van der Waals surface area contributed by atoms with Crippen LogP contribution in [0.15, 0.2) is 65.2 Å². The third kappa shape index (κ3) is 2.95. The summed E-state index contributed by atoms with van der Waals surface area (Å²) in [5.74, 6) is -0.149. The van der Waals surface area contributed by atoms with Gasteiger partial charge in [0.15, 0.2) is 5.78 Å². The molecule has 6 heteroatoms. The molecular formula is C22H13N3OS2. The fraction of sp³-hybridized carbons (Fsp3) is 0.0455. The molecule has 0 saturated heterocycles. The Hall–Kier alpha value is -3.45. The highest BCUT2D eigenvalue weighted by Crippen LogP contribution is 2.41. The van der Waals surface area contributed by atoms with E-state index >= 15 is 0 Å². The fourth-order valence-electron chi connectivity index (χ4n) is 3.14. The van der Waals surface area contributed by atoms with Crippen molar-refractivity contribution in [1.82, 2.24) is 0 Å². The topological polar surface area (TPSA) is 48.5 Å². The van der Waals surface area contributed by atoms with Crippen LogP contribution in [0.5, 0.6) is 0 Å². The van der Waals surface area contributed by atoms with E-state index < -0.39 is 0 Å². The highest BCUT2D eigenvalue weighted by atomic mass is 32.1.